The first-order valence-corrected chi connectivity index (χ1v) is 47.1. The molecule has 0 saturated carbocycles. The molecule has 0 aliphatic carbocycles. The van der Waals surface area contributed by atoms with Gasteiger partial charge in [0.1, 0.15) is 33.5 Å². The Hall–Kier alpha value is -18.4. The maximum atomic E-state index is 6.34. The van der Waals surface area contributed by atoms with Gasteiger partial charge >= 0.3 is 0 Å². The van der Waals surface area contributed by atoms with Gasteiger partial charge in [0.2, 0.25) is 0 Å². The predicted octanol–water partition coefficient (Wildman–Crippen LogP) is 38.1. The van der Waals surface area contributed by atoms with Gasteiger partial charge in [0.15, 0.2) is 0 Å². The standard InChI is InChI=1S/3C44H29NO/c1-3-13-30(14-4-1)33-17-11-18-34(29-33)45(39-22-9-7-19-35(39)31-15-5-2-6-16-31)40-23-12-21-37-36(40)27-25-32-26-28-42-44(43(32)37)38-20-8-10-24-41(38)46-42;1-3-12-30(13-4-1)31-22-26-34(27-23-31)45(39-19-9-7-16-35(39)32-14-5-2-6-15-32)40-20-11-18-37-36(40)28-24-33-25-29-42-44(43(33)37)38-17-8-10-21-41(38)46-42;1-3-12-30(13-4-1)33-16-9-18-35(28-33)45(36-19-10-17-34(29-36)31-14-5-2-6-15-31)40-22-11-21-38-37(40)26-24-32-25-27-42-44(43(32)38)39-20-7-8-23-41(39)46-42/h3*1-29H. The summed E-state index contributed by atoms with van der Waals surface area (Å²) in [6, 6.07) is 188. The van der Waals surface area contributed by atoms with Gasteiger partial charge in [0.05, 0.1) is 28.4 Å². The minimum atomic E-state index is 0.911. The van der Waals surface area contributed by atoms with Crippen molar-refractivity contribution < 1.29 is 13.3 Å². The number of nitrogens with zero attached hydrogens (tertiary/aromatic N) is 3. The number of hydrogen-bond donors (Lipinski definition) is 0. The number of anilines is 9. The van der Waals surface area contributed by atoms with Crippen molar-refractivity contribution in [3.63, 3.8) is 0 Å². The van der Waals surface area contributed by atoms with E-state index in [2.05, 4.69) is 524 Å². The molecule has 0 saturated heterocycles. The van der Waals surface area contributed by atoms with Crippen LogP contribution in [0.15, 0.2) is 541 Å². The second kappa shape index (κ2) is 35.3. The number of para-hydroxylation sites is 5. The van der Waals surface area contributed by atoms with Crippen molar-refractivity contribution in [3.8, 4) is 66.8 Å². The van der Waals surface area contributed by atoms with Crippen LogP contribution in [0.4, 0.5) is 51.2 Å². The molecule has 0 unspecified atom stereocenters. The van der Waals surface area contributed by atoms with Crippen LogP contribution in [0.3, 0.4) is 0 Å². The molecule has 0 atom stereocenters. The molecule has 0 fully saturated rings. The quantitative estimate of drug-likeness (QED) is 0.0954. The van der Waals surface area contributed by atoms with E-state index in [1.165, 1.54) is 142 Å². The third kappa shape index (κ3) is 14.8. The third-order valence-corrected chi connectivity index (χ3v) is 27.1. The number of hydrogen-bond acceptors (Lipinski definition) is 6. The fourth-order valence-electron chi connectivity index (χ4n) is 20.8. The Morgan fingerprint density at radius 2 is 0.370 bits per heavy atom. The summed E-state index contributed by atoms with van der Waals surface area (Å²) in [4.78, 5) is 7.25. The monoisotopic (exact) mass is 1760 g/mol. The summed E-state index contributed by atoms with van der Waals surface area (Å²) in [6.07, 6.45) is 0. The summed E-state index contributed by atoms with van der Waals surface area (Å²) >= 11 is 0. The largest absolute Gasteiger partial charge is 0.456 e. The Kier molecular flexibility index (Phi) is 20.9. The van der Waals surface area contributed by atoms with Crippen LogP contribution in [-0.2, 0) is 0 Å². The first-order chi connectivity index (χ1) is 68.5. The molecule has 0 aliphatic heterocycles. The maximum absolute atomic E-state index is 6.34. The van der Waals surface area contributed by atoms with Crippen LogP contribution in [0.25, 0.3) is 197 Å². The van der Waals surface area contributed by atoms with Gasteiger partial charge in [-0.05, 0) is 203 Å². The maximum Gasteiger partial charge on any atom is 0.136 e. The molecular weight excluding hydrogens is 1680 g/mol. The van der Waals surface area contributed by atoms with E-state index in [9.17, 15) is 0 Å². The highest BCUT2D eigenvalue weighted by Crippen LogP contribution is 2.52. The molecule has 138 heavy (non-hydrogen) atoms. The summed E-state index contributed by atoms with van der Waals surface area (Å²) in [5, 5.41) is 21.3. The van der Waals surface area contributed by atoms with Crippen LogP contribution in [0, 0.1) is 0 Å². The minimum Gasteiger partial charge on any atom is -0.456 e. The first kappa shape index (κ1) is 81.6. The third-order valence-electron chi connectivity index (χ3n) is 27.1. The average molecular weight is 1760 g/mol. The Morgan fingerprint density at radius 1 is 0.123 bits per heavy atom. The van der Waals surface area contributed by atoms with Gasteiger partial charge in [0, 0.05) is 98.5 Å². The van der Waals surface area contributed by atoms with E-state index in [0.717, 1.165) is 106 Å². The molecule has 0 spiro atoms. The normalized spacial score (nSPS) is 11.5. The molecule has 0 N–H and O–H groups in total. The lowest BCUT2D eigenvalue weighted by atomic mass is 9.95. The van der Waals surface area contributed by atoms with Gasteiger partial charge in [0.25, 0.3) is 0 Å². The lowest BCUT2D eigenvalue weighted by Gasteiger charge is -2.29. The fourth-order valence-corrected chi connectivity index (χ4v) is 20.8. The van der Waals surface area contributed by atoms with Gasteiger partial charge in [-0.15, -0.1) is 0 Å². The molecule has 27 aromatic rings. The smallest absolute Gasteiger partial charge is 0.136 e. The summed E-state index contributed by atoms with van der Waals surface area (Å²) in [7, 11) is 0. The average Bonchev–Trinajstić information content (AvgIpc) is 1.29. The highest BCUT2D eigenvalue weighted by molar-refractivity contribution is 6.31. The zero-order valence-electron chi connectivity index (χ0n) is 75.3. The molecule has 6 heteroatoms. The van der Waals surface area contributed by atoms with Crippen molar-refractivity contribution in [1.29, 1.82) is 0 Å². The molecule has 3 aromatic heterocycles. The molecule has 24 aromatic carbocycles. The SMILES string of the molecule is c1ccc(-c2ccc(N(c3ccccc3-c3ccccc3)c3cccc4c3ccc3ccc5oc6ccccc6c5c34)cc2)cc1.c1ccc(-c2cccc(N(c3cccc(-c4ccccc4)c3)c3cccc4c3ccc3ccc5oc6ccccc6c5c34)c2)cc1.c1ccc(-c2cccc(N(c3ccccc3-c3ccccc3)c3cccc4c3ccc3ccc5oc6ccccc6c5c34)c2)cc1. The molecule has 0 amide bonds. The fraction of sp³-hybridized carbons (Fsp3) is 0. The minimum absolute atomic E-state index is 0.911. The van der Waals surface area contributed by atoms with E-state index >= 15 is 0 Å². The van der Waals surface area contributed by atoms with E-state index in [1.54, 1.807) is 0 Å². The van der Waals surface area contributed by atoms with Crippen LogP contribution >= 0.6 is 0 Å². The van der Waals surface area contributed by atoms with Crippen LogP contribution in [0.2, 0.25) is 0 Å². The summed E-state index contributed by atoms with van der Waals surface area (Å²) < 4.78 is 19.0. The van der Waals surface area contributed by atoms with E-state index in [-0.39, 0.29) is 0 Å². The van der Waals surface area contributed by atoms with E-state index in [0.29, 0.717) is 0 Å². The van der Waals surface area contributed by atoms with Crippen LogP contribution in [-0.4, -0.2) is 0 Å². The summed E-state index contributed by atoms with van der Waals surface area (Å²) in [5.41, 5.74) is 29.7. The zero-order chi connectivity index (χ0) is 91.4. The van der Waals surface area contributed by atoms with Crippen LogP contribution < -0.4 is 14.7 Å². The Morgan fingerprint density at radius 3 is 0.725 bits per heavy atom. The van der Waals surface area contributed by atoms with Crippen LogP contribution in [0.5, 0.6) is 0 Å². The van der Waals surface area contributed by atoms with E-state index < -0.39 is 0 Å². The van der Waals surface area contributed by atoms with Crippen molar-refractivity contribution in [2.75, 3.05) is 14.7 Å². The molecule has 648 valence electrons. The van der Waals surface area contributed by atoms with Crippen LogP contribution in [0.1, 0.15) is 0 Å². The lowest BCUT2D eigenvalue weighted by Crippen LogP contribution is -2.12. The van der Waals surface area contributed by atoms with Gasteiger partial charge < -0.3 is 28.0 Å². The van der Waals surface area contributed by atoms with E-state index in [4.69, 9.17) is 13.3 Å². The molecule has 0 radical (unpaired) electrons. The molecular formula is C132H87N3O3. The number of benzene rings is 24. The predicted molar refractivity (Wildman–Crippen MR) is 583 cm³/mol. The van der Waals surface area contributed by atoms with E-state index in [1.807, 2.05) is 18.2 Å². The molecule has 3 heterocycles. The molecule has 6 nitrogen and oxygen atoms in total. The summed E-state index contributed by atoms with van der Waals surface area (Å²) in [5.74, 6) is 0. The Balaban J connectivity index is 0.000000110. The summed E-state index contributed by atoms with van der Waals surface area (Å²) in [6.45, 7) is 0. The Bertz CT molecular complexity index is 9190. The topological polar surface area (TPSA) is 49.1 Å². The number of fused-ring (bicyclic) bond motifs is 21. The van der Waals surface area contributed by atoms with Crippen molar-refractivity contribution in [2.24, 2.45) is 0 Å². The van der Waals surface area contributed by atoms with Crippen molar-refractivity contribution in [3.05, 3.63) is 528 Å². The molecule has 0 aliphatic rings. The first-order valence-electron chi connectivity index (χ1n) is 47.1. The zero-order valence-corrected chi connectivity index (χ0v) is 75.3. The number of rotatable bonds is 15. The molecule has 27 rings (SSSR count). The second-order valence-electron chi connectivity index (χ2n) is 35.2. The highest BCUT2D eigenvalue weighted by atomic mass is 16.3. The van der Waals surface area contributed by atoms with Gasteiger partial charge in [-0.25, -0.2) is 0 Å². The van der Waals surface area contributed by atoms with Gasteiger partial charge in [-0.3, -0.25) is 0 Å². The number of furan rings is 3. The molecule has 0 bridgehead atoms. The van der Waals surface area contributed by atoms with Gasteiger partial charge in [-0.1, -0.05) is 413 Å². The second-order valence-corrected chi connectivity index (χ2v) is 35.2. The van der Waals surface area contributed by atoms with Gasteiger partial charge in [-0.2, -0.15) is 0 Å². The van der Waals surface area contributed by atoms with Crippen molar-refractivity contribution in [2.45, 2.75) is 0 Å². The van der Waals surface area contributed by atoms with Crippen molar-refractivity contribution >= 4 is 182 Å². The van der Waals surface area contributed by atoms with Crippen molar-refractivity contribution in [1.82, 2.24) is 0 Å². The lowest BCUT2D eigenvalue weighted by molar-refractivity contribution is 0.669. The highest BCUT2D eigenvalue weighted by Gasteiger charge is 2.27. The Labute approximate surface area is 798 Å².